The van der Waals surface area contributed by atoms with Crippen LogP contribution in [0.5, 0.6) is 0 Å². The smallest absolute Gasteiger partial charge is 0.228 e. The van der Waals surface area contributed by atoms with Crippen molar-refractivity contribution < 1.29 is 9.18 Å². The molecule has 0 bridgehead atoms. The molecule has 0 atom stereocenters. The summed E-state index contributed by atoms with van der Waals surface area (Å²) in [5, 5.41) is 10.2. The predicted octanol–water partition coefficient (Wildman–Crippen LogP) is 5.34. The number of carbonyl (C=O) groups is 1. The van der Waals surface area contributed by atoms with Crippen LogP contribution in [0.1, 0.15) is 5.56 Å². The Bertz CT molecular complexity index is 2040. The first kappa shape index (κ1) is 24.2. The third kappa shape index (κ3) is 4.55. The van der Waals surface area contributed by atoms with Crippen LogP contribution in [0.2, 0.25) is 0 Å². The average Bonchev–Trinajstić information content (AvgIpc) is 3.63. The second-order valence-corrected chi connectivity index (χ2v) is 9.34. The highest BCUT2D eigenvalue weighted by molar-refractivity contribution is 5.98. The highest BCUT2D eigenvalue weighted by atomic mass is 19.1. The first-order valence-corrected chi connectivity index (χ1v) is 12.7. The molecule has 41 heavy (non-hydrogen) atoms. The third-order valence-corrected chi connectivity index (χ3v) is 6.61. The lowest BCUT2D eigenvalue weighted by molar-refractivity contribution is -0.115. The number of H-pyrrole nitrogens is 2. The van der Waals surface area contributed by atoms with Gasteiger partial charge in [-0.2, -0.15) is 5.10 Å². The highest BCUT2D eigenvalue weighted by Crippen LogP contribution is 2.34. The number of hydrogen-bond donors (Lipinski definition) is 3. The Labute approximate surface area is 231 Å². The molecule has 1 aromatic carbocycles. The number of hydrogen-bond acceptors (Lipinski definition) is 7. The lowest BCUT2D eigenvalue weighted by Gasteiger charge is -2.08. The maximum atomic E-state index is 16.1. The van der Waals surface area contributed by atoms with Crippen LogP contribution in [0.15, 0.2) is 91.8 Å². The normalized spacial score (nSPS) is 11.2. The van der Waals surface area contributed by atoms with E-state index < -0.39 is 5.82 Å². The summed E-state index contributed by atoms with van der Waals surface area (Å²) in [5.74, 6) is -0.433. The number of pyridine rings is 4. The molecule has 10 nitrogen and oxygen atoms in total. The van der Waals surface area contributed by atoms with Gasteiger partial charge in [0, 0.05) is 29.7 Å². The molecular weight excluding hydrogens is 521 g/mol. The van der Waals surface area contributed by atoms with E-state index in [9.17, 15) is 4.79 Å². The van der Waals surface area contributed by atoms with Crippen LogP contribution >= 0.6 is 0 Å². The minimum absolute atomic E-state index is 0.0683. The number of imidazole rings is 1. The largest absolute Gasteiger partial charge is 0.335 e. The molecule has 0 aliphatic rings. The van der Waals surface area contributed by atoms with Gasteiger partial charge in [-0.1, -0.05) is 36.4 Å². The van der Waals surface area contributed by atoms with Crippen molar-refractivity contribution in [3.63, 3.8) is 0 Å². The van der Waals surface area contributed by atoms with E-state index in [1.807, 2.05) is 48.5 Å². The summed E-state index contributed by atoms with van der Waals surface area (Å²) in [6, 6.07) is 16.6. The molecule has 0 radical (unpaired) electrons. The van der Waals surface area contributed by atoms with Crippen LogP contribution in [0.25, 0.3) is 56.0 Å². The van der Waals surface area contributed by atoms with E-state index in [0.717, 1.165) is 16.8 Å². The molecule has 198 valence electrons. The molecule has 0 spiro atoms. The zero-order chi connectivity index (χ0) is 27.8. The van der Waals surface area contributed by atoms with E-state index in [2.05, 4.69) is 40.4 Å². The van der Waals surface area contributed by atoms with E-state index >= 15 is 4.39 Å². The summed E-state index contributed by atoms with van der Waals surface area (Å²) in [6.45, 7) is 0. The lowest BCUT2D eigenvalue weighted by atomic mass is 10.1. The molecule has 0 fully saturated rings. The van der Waals surface area contributed by atoms with Crippen LogP contribution in [-0.4, -0.2) is 46.0 Å². The van der Waals surface area contributed by atoms with Crippen LogP contribution in [0.4, 0.5) is 10.1 Å². The van der Waals surface area contributed by atoms with Crippen molar-refractivity contribution in [2.75, 3.05) is 5.32 Å². The molecule has 1 amide bonds. The van der Waals surface area contributed by atoms with Gasteiger partial charge in [-0.15, -0.1) is 0 Å². The predicted molar refractivity (Wildman–Crippen MR) is 152 cm³/mol. The molecule has 0 saturated carbocycles. The Balaban J connectivity index is 1.24. The van der Waals surface area contributed by atoms with Gasteiger partial charge in [-0.25, -0.2) is 9.37 Å². The van der Waals surface area contributed by atoms with Gasteiger partial charge in [0.2, 0.25) is 5.91 Å². The SMILES string of the molecule is O=C(Cc1ccccc1)Nc1cncc(-c2ncc3[nH]nc(-c4nc5c(-c6ccccn6)cncc5[nH]4)c3c2F)c1. The topological polar surface area (TPSA) is 138 Å². The first-order valence-electron chi connectivity index (χ1n) is 12.7. The number of nitrogens with one attached hydrogen (secondary N) is 3. The molecule has 6 aromatic heterocycles. The Morgan fingerprint density at radius 2 is 1.73 bits per heavy atom. The van der Waals surface area contributed by atoms with Crippen molar-refractivity contribution in [3.05, 3.63) is 103 Å². The summed E-state index contributed by atoms with van der Waals surface area (Å²) in [5.41, 5.74) is 5.26. The quantitative estimate of drug-likeness (QED) is 0.258. The number of halogens is 1. The zero-order valence-electron chi connectivity index (χ0n) is 21.3. The van der Waals surface area contributed by atoms with E-state index in [-0.39, 0.29) is 23.4 Å². The maximum Gasteiger partial charge on any atom is 0.228 e. The minimum atomic E-state index is -0.593. The van der Waals surface area contributed by atoms with Gasteiger partial charge in [0.1, 0.15) is 16.9 Å². The summed E-state index contributed by atoms with van der Waals surface area (Å²) >= 11 is 0. The average molecular weight is 542 g/mol. The highest BCUT2D eigenvalue weighted by Gasteiger charge is 2.21. The van der Waals surface area contributed by atoms with Gasteiger partial charge in [0.05, 0.1) is 52.8 Å². The van der Waals surface area contributed by atoms with E-state index in [0.29, 0.717) is 39.3 Å². The van der Waals surface area contributed by atoms with Crippen molar-refractivity contribution in [3.8, 4) is 34.0 Å². The number of carbonyl (C=O) groups excluding carboxylic acids is 1. The minimum Gasteiger partial charge on any atom is -0.335 e. The number of aromatic nitrogens is 8. The summed E-state index contributed by atoms with van der Waals surface area (Å²) < 4.78 is 16.1. The monoisotopic (exact) mass is 541 g/mol. The van der Waals surface area contributed by atoms with Crippen LogP contribution in [-0.2, 0) is 11.2 Å². The number of amides is 1. The molecule has 0 saturated heterocycles. The van der Waals surface area contributed by atoms with E-state index in [4.69, 9.17) is 4.98 Å². The number of nitrogens with zero attached hydrogens (tertiary/aromatic N) is 6. The van der Waals surface area contributed by atoms with Crippen molar-refractivity contribution in [1.82, 2.24) is 40.1 Å². The molecule has 0 unspecified atom stereocenters. The second kappa shape index (κ2) is 10.0. The fraction of sp³-hybridized carbons (Fsp3) is 0.0333. The number of fused-ring (bicyclic) bond motifs is 2. The Morgan fingerprint density at radius 3 is 2.59 bits per heavy atom. The van der Waals surface area contributed by atoms with Gasteiger partial charge in [-0.05, 0) is 23.8 Å². The second-order valence-electron chi connectivity index (χ2n) is 9.34. The van der Waals surface area contributed by atoms with Crippen LogP contribution in [0, 0.1) is 5.82 Å². The van der Waals surface area contributed by atoms with Gasteiger partial charge in [0.25, 0.3) is 0 Å². The molecule has 11 heteroatoms. The number of aromatic amines is 2. The number of benzene rings is 1. The third-order valence-electron chi connectivity index (χ3n) is 6.61. The molecular formula is C30H20FN9O. The van der Waals surface area contributed by atoms with E-state index in [1.165, 1.54) is 18.6 Å². The van der Waals surface area contributed by atoms with Crippen LogP contribution in [0.3, 0.4) is 0 Å². The van der Waals surface area contributed by atoms with Gasteiger partial charge < -0.3 is 10.3 Å². The fourth-order valence-corrected chi connectivity index (χ4v) is 4.73. The zero-order valence-corrected chi connectivity index (χ0v) is 21.3. The van der Waals surface area contributed by atoms with Gasteiger partial charge in [0.15, 0.2) is 11.6 Å². The maximum absolute atomic E-state index is 16.1. The Kier molecular flexibility index (Phi) is 5.93. The van der Waals surface area contributed by atoms with Gasteiger partial charge >= 0.3 is 0 Å². The van der Waals surface area contributed by atoms with Crippen molar-refractivity contribution in [1.29, 1.82) is 0 Å². The first-order chi connectivity index (χ1) is 20.1. The molecule has 0 aliphatic carbocycles. The molecule has 6 heterocycles. The standard InChI is InChI=1S/C30H20FN9O/c31-26-25-22(16-35-27(26)18-11-19(13-32-12-18)36-24(41)10-17-6-2-1-3-7-17)39-40-29(25)30-37-23-15-33-14-20(28(23)38-30)21-8-4-5-9-34-21/h1-9,11-16H,10H2,(H,36,41)(H,37,38)(H,39,40). The lowest BCUT2D eigenvalue weighted by Crippen LogP contribution is -2.14. The van der Waals surface area contributed by atoms with Crippen molar-refractivity contribution in [2.24, 2.45) is 0 Å². The van der Waals surface area contributed by atoms with Crippen LogP contribution < -0.4 is 5.32 Å². The van der Waals surface area contributed by atoms with Crippen molar-refractivity contribution in [2.45, 2.75) is 6.42 Å². The number of rotatable bonds is 6. The summed E-state index contributed by atoms with van der Waals surface area (Å²) in [7, 11) is 0. The fourth-order valence-electron chi connectivity index (χ4n) is 4.73. The summed E-state index contributed by atoms with van der Waals surface area (Å²) in [4.78, 5) is 37.8. The van der Waals surface area contributed by atoms with E-state index in [1.54, 1.807) is 24.7 Å². The van der Waals surface area contributed by atoms with Gasteiger partial charge in [-0.3, -0.25) is 29.8 Å². The number of anilines is 1. The molecule has 7 rings (SSSR count). The Morgan fingerprint density at radius 1 is 0.878 bits per heavy atom. The Hall–Kier alpha value is -5.84. The molecule has 0 aliphatic heterocycles. The summed E-state index contributed by atoms with van der Waals surface area (Å²) in [6.07, 6.45) is 9.76. The van der Waals surface area contributed by atoms with Crippen molar-refractivity contribution >= 4 is 33.5 Å². The molecule has 7 aromatic rings. The molecule has 3 N–H and O–H groups in total.